The van der Waals surface area contributed by atoms with Crippen molar-refractivity contribution in [2.45, 2.75) is 88.1 Å². The molecule has 1 aliphatic heterocycles. The lowest BCUT2D eigenvalue weighted by Gasteiger charge is -2.23. The summed E-state index contributed by atoms with van der Waals surface area (Å²) in [6.07, 6.45) is 1.92. The fourth-order valence-corrected chi connectivity index (χ4v) is 6.44. The second-order valence-electron chi connectivity index (χ2n) is 10.8. The molecule has 6 unspecified atom stereocenters. The fourth-order valence-electron chi connectivity index (χ4n) is 5.75. The van der Waals surface area contributed by atoms with Crippen LogP contribution in [-0.4, -0.2) is 67.2 Å². The number of rotatable bonds is 9. The third-order valence-electron chi connectivity index (χ3n) is 7.52. The van der Waals surface area contributed by atoms with Gasteiger partial charge in [0, 0.05) is 24.3 Å². The fraction of sp³-hybridized carbons (Fsp3) is 0.593. The molecule has 3 aliphatic rings. The Bertz CT molecular complexity index is 1320. The molecule has 10 nitrogen and oxygen atoms in total. The van der Waals surface area contributed by atoms with Crippen molar-refractivity contribution in [2.75, 3.05) is 17.6 Å². The molecule has 0 spiro atoms. The number of ether oxygens (including phenoxy) is 2. The van der Waals surface area contributed by atoms with E-state index in [1.54, 1.807) is 11.8 Å². The van der Waals surface area contributed by atoms with Crippen molar-refractivity contribution in [2.24, 2.45) is 5.92 Å². The van der Waals surface area contributed by atoms with Crippen molar-refractivity contribution in [1.82, 2.24) is 30.3 Å². The maximum absolute atomic E-state index is 12.9. The van der Waals surface area contributed by atoms with E-state index in [9.17, 15) is 4.79 Å². The molecule has 1 amide bonds. The van der Waals surface area contributed by atoms with Gasteiger partial charge < -0.3 is 20.1 Å². The Labute approximate surface area is 226 Å². The average Bonchev–Trinajstić information content (AvgIpc) is 3.22. The summed E-state index contributed by atoms with van der Waals surface area (Å²) in [5, 5.41) is 16.4. The number of nitrogens with one attached hydrogen (secondary N) is 2. The molecule has 2 aromatic heterocycles. The first-order valence-electron chi connectivity index (χ1n) is 13.6. The number of hydrogen-bond acceptors (Lipinski definition) is 9. The quantitative estimate of drug-likeness (QED) is 0.310. The van der Waals surface area contributed by atoms with E-state index in [1.165, 1.54) is 5.56 Å². The third kappa shape index (κ3) is 4.76. The van der Waals surface area contributed by atoms with Crippen molar-refractivity contribution < 1.29 is 14.3 Å². The number of amides is 1. The summed E-state index contributed by atoms with van der Waals surface area (Å²) < 4.78 is 14.4. The van der Waals surface area contributed by atoms with Crippen molar-refractivity contribution in [3.05, 3.63) is 35.9 Å². The summed E-state index contributed by atoms with van der Waals surface area (Å²) in [6.45, 7) is 8.41. The second kappa shape index (κ2) is 10.1. The minimum atomic E-state index is -0.780. The van der Waals surface area contributed by atoms with E-state index < -0.39 is 5.79 Å². The predicted octanol–water partition coefficient (Wildman–Crippen LogP) is 3.91. The Hall–Kier alpha value is -2.76. The molecule has 1 saturated heterocycles. The third-order valence-corrected chi connectivity index (χ3v) is 8.57. The molecular formula is C27H35N7O3S. The molecular weight excluding hydrogens is 502 g/mol. The topological polar surface area (TPSA) is 116 Å². The maximum atomic E-state index is 12.9. The first kappa shape index (κ1) is 25.5. The average molecular weight is 538 g/mol. The number of anilines is 1. The van der Waals surface area contributed by atoms with Gasteiger partial charge in [0.1, 0.15) is 12.2 Å². The smallest absolute Gasteiger partial charge is 0.225 e. The van der Waals surface area contributed by atoms with Crippen LogP contribution in [0.1, 0.15) is 64.5 Å². The van der Waals surface area contributed by atoms with Crippen LogP contribution in [0.3, 0.4) is 0 Å². The van der Waals surface area contributed by atoms with Crippen LogP contribution in [-0.2, 0) is 14.3 Å². The molecule has 0 bridgehead atoms. The van der Waals surface area contributed by atoms with Crippen LogP contribution in [0.15, 0.2) is 35.5 Å². The highest BCUT2D eigenvalue weighted by Crippen LogP contribution is 2.48. The Morgan fingerprint density at radius 1 is 1.13 bits per heavy atom. The number of benzene rings is 1. The molecule has 2 N–H and O–H groups in total. The zero-order chi connectivity index (χ0) is 26.4. The molecule has 2 aliphatic carbocycles. The molecule has 202 valence electrons. The van der Waals surface area contributed by atoms with Gasteiger partial charge in [-0.25, -0.2) is 14.6 Å². The number of hydrogen-bond donors (Lipinski definition) is 2. The van der Waals surface area contributed by atoms with Gasteiger partial charge in [0.25, 0.3) is 0 Å². The van der Waals surface area contributed by atoms with Crippen LogP contribution in [0, 0.1) is 5.92 Å². The largest absolute Gasteiger partial charge is 0.365 e. The highest BCUT2D eigenvalue weighted by atomic mass is 32.2. The zero-order valence-corrected chi connectivity index (χ0v) is 23.1. The molecule has 1 aromatic carbocycles. The molecule has 6 atom stereocenters. The van der Waals surface area contributed by atoms with E-state index in [-0.39, 0.29) is 36.1 Å². The van der Waals surface area contributed by atoms with Gasteiger partial charge in [-0.1, -0.05) is 54.2 Å². The Kier molecular flexibility index (Phi) is 6.77. The zero-order valence-electron chi connectivity index (χ0n) is 22.3. The van der Waals surface area contributed by atoms with Crippen LogP contribution in [0.2, 0.25) is 0 Å². The minimum absolute atomic E-state index is 0.0208. The number of nitrogens with zero attached hydrogens (tertiary/aromatic N) is 5. The van der Waals surface area contributed by atoms with Gasteiger partial charge in [-0.15, -0.1) is 5.10 Å². The van der Waals surface area contributed by atoms with Crippen molar-refractivity contribution >= 4 is 34.7 Å². The molecule has 2 saturated carbocycles. The second-order valence-corrected chi connectivity index (χ2v) is 11.8. The summed E-state index contributed by atoms with van der Waals surface area (Å²) in [5.41, 5.74) is 2.63. The minimum Gasteiger partial charge on any atom is -0.365 e. The summed E-state index contributed by atoms with van der Waals surface area (Å²) in [6, 6.07) is 10.6. The van der Waals surface area contributed by atoms with Gasteiger partial charge >= 0.3 is 0 Å². The summed E-state index contributed by atoms with van der Waals surface area (Å²) in [4.78, 5) is 22.7. The van der Waals surface area contributed by atoms with Crippen molar-refractivity contribution in [3.63, 3.8) is 0 Å². The standard InChI is InChI=1S/C27H35N7O3S/c1-5-12-38-26-30-23(29-18-13-16(18)15-10-8-7-9-11-15)20-24(31-26)34(33-32-20)19-14-17(25(35)28-6-2)21-22(19)37-27(3,4)36-21/h7-11,16-19,21-22H,5-6,12-14H2,1-4H3,(H,28,35)(H,29,30,31). The number of carbonyl (C=O) groups is 1. The van der Waals surface area contributed by atoms with Crippen LogP contribution >= 0.6 is 11.8 Å². The van der Waals surface area contributed by atoms with Crippen molar-refractivity contribution in [1.29, 1.82) is 0 Å². The molecule has 0 radical (unpaired) electrons. The summed E-state index contributed by atoms with van der Waals surface area (Å²) in [7, 11) is 0. The van der Waals surface area contributed by atoms with Crippen molar-refractivity contribution in [3.8, 4) is 0 Å². The molecule has 38 heavy (non-hydrogen) atoms. The highest BCUT2D eigenvalue weighted by molar-refractivity contribution is 7.99. The van der Waals surface area contributed by atoms with E-state index >= 15 is 0 Å². The number of carbonyl (C=O) groups excluding carboxylic acids is 1. The van der Waals surface area contributed by atoms with Gasteiger partial charge in [0.05, 0.1) is 12.0 Å². The Morgan fingerprint density at radius 3 is 2.68 bits per heavy atom. The molecule has 6 rings (SSSR count). The van der Waals surface area contributed by atoms with E-state index in [2.05, 4.69) is 52.1 Å². The number of fused-ring (bicyclic) bond motifs is 2. The Balaban J connectivity index is 1.34. The van der Waals surface area contributed by atoms with Crippen LogP contribution in [0.4, 0.5) is 5.82 Å². The first-order valence-corrected chi connectivity index (χ1v) is 14.6. The lowest BCUT2D eigenvalue weighted by Crippen LogP contribution is -2.37. The van der Waals surface area contributed by atoms with Crippen LogP contribution < -0.4 is 10.6 Å². The Morgan fingerprint density at radius 2 is 1.92 bits per heavy atom. The molecule has 3 fully saturated rings. The molecule has 3 aromatic rings. The number of aromatic nitrogens is 5. The molecule has 11 heteroatoms. The summed E-state index contributed by atoms with van der Waals surface area (Å²) >= 11 is 1.63. The summed E-state index contributed by atoms with van der Waals surface area (Å²) in [5.74, 6) is 0.938. The highest BCUT2D eigenvalue weighted by Gasteiger charge is 2.57. The SMILES string of the molecule is CCCSc1nc(NC2CC2c2ccccc2)c2nnn(C3CC(C(=O)NCC)C4OC(C)(C)OC43)c2n1. The van der Waals surface area contributed by atoms with Gasteiger partial charge in [-0.05, 0) is 45.6 Å². The van der Waals surface area contributed by atoms with Gasteiger partial charge in [0.2, 0.25) is 5.91 Å². The van der Waals surface area contributed by atoms with Crippen LogP contribution in [0.5, 0.6) is 0 Å². The van der Waals surface area contributed by atoms with Gasteiger partial charge in [0.15, 0.2) is 27.9 Å². The lowest BCUT2D eigenvalue weighted by molar-refractivity contribution is -0.163. The van der Waals surface area contributed by atoms with Crippen LogP contribution in [0.25, 0.3) is 11.2 Å². The van der Waals surface area contributed by atoms with Gasteiger partial charge in [-0.3, -0.25) is 4.79 Å². The van der Waals surface area contributed by atoms with E-state index in [1.807, 2.05) is 31.5 Å². The predicted molar refractivity (Wildman–Crippen MR) is 145 cm³/mol. The monoisotopic (exact) mass is 537 g/mol. The van der Waals surface area contributed by atoms with Gasteiger partial charge in [-0.2, -0.15) is 0 Å². The van der Waals surface area contributed by atoms with E-state index in [0.29, 0.717) is 41.0 Å². The normalized spacial score (nSPS) is 29.4. The lowest BCUT2D eigenvalue weighted by atomic mass is 10.0. The van der Waals surface area contributed by atoms with E-state index in [0.717, 1.165) is 18.6 Å². The maximum Gasteiger partial charge on any atom is 0.225 e. The first-order chi connectivity index (χ1) is 18.4. The molecule has 3 heterocycles. The van der Waals surface area contributed by atoms with E-state index in [4.69, 9.17) is 19.4 Å². The number of thioether (sulfide) groups is 1.